The van der Waals surface area contributed by atoms with Gasteiger partial charge in [0.1, 0.15) is 6.04 Å². The first-order chi connectivity index (χ1) is 13.0. The third kappa shape index (κ3) is 3.77. The molecule has 0 saturated carbocycles. The largest absolute Gasteiger partial charge is 0.466 e. The van der Waals surface area contributed by atoms with E-state index in [0.29, 0.717) is 0 Å². The Balaban J connectivity index is 2.06. The van der Waals surface area contributed by atoms with Gasteiger partial charge >= 0.3 is 12.2 Å². The van der Waals surface area contributed by atoms with Gasteiger partial charge in [-0.2, -0.15) is 22.5 Å². The number of alkyl halides is 3. The fourth-order valence-electron chi connectivity index (χ4n) is 2.64. The minimum absolute atomic E-state index is 0.00256. The molecule has 3 rings (SSSR count). The molecule has 0 unspecified atom stereocenters. The highest BCUT2D eigenvalue weighted by atomic mass is 35.5. The van der Waals surface area contributed by atoms with Gasteiger partial charge in [0.2, 0.25) is 10.0 Å². The van der Waals surface area contributed by atoms with Crippen LogP contribution in [0.5, 0.6) is 6.01 Å². The maximum absolute atomic E-state index is 13.7. The molecular weight excluding hydrogens is 421 g/mol. The predicted octanol–water partition coefficient (Wildman–Crippen LogP) is 3.32. The predicted molar refractivity (Wildman–Crippen MR) is 94.7 cm³/mol. The Labute approximate surface area is 163 Å². The van der Waals surface area contributed by atoms with E-state index in [4.69, 9.17) is 16.3 Å². The number of halogens is 4. The van der Waals surface area contributed by atoms with Crippen molar-refractivity contribution in [2.24, 2.45) is 0 Å². The Hall–Kier alpha value is -2.37. The summed E-state index contributed by atoms with van der Waals surface area (Å²) in [5.74, 6) is 0. The number of ether oxygens (including phenoxy) is 1. The van der Waals surface area contributed by atoms with Crippen LogP contribution >= 0.6 is 11.6 Å². The number of sulfonamides is 1. The zero-order valence-corrected chi connectivity index (χ0v) is 16.1. The van der Waals surface area contributed by atoms with Crippen molar-refractivity contribution in [1.29, 1.82) is 0 Å². The molecule has 0 fully saturated rings. The van der Waals surface area contributed by atoms with Gasteiger partial charge in [-0.1, -0.05) is 23.7 Å². The number of fused-ring (bicyclic) bond motifs is 1. The van der Waals surface area contributed by atoms with Gasteiger partial charge in [0, 0.05) is 24.3 Å². The van der Waals surface area contributed by atoms with Gasteiger partial charge in [-0.25, -0.2) is 12.9 Å². The average Bonchev–Trinajstić information content (AvgIpc) is 3.04. The molecule has 0 aliphatic carbocycles. The van der Waals surface area contributed by atoms with Crippen LogP contribution in [0.4, 0.5) is 13.2 Å². The zero-order chi connectivity index (χ0) is 20.7. The van der Waals surface area contributed by atoms with E-state index in [2.05, 4.69) is 10.1 Å². The molecule has 150 valence electrons. The maximum atomic E-state index is 13.7. The highest BCUT2D eigenvalue weighted by molar-refractivity contribution is 7.89. The molecule has 0 N–H and O–H groups in total. The number of aromatic nitrogens is 3. The van der Waals surface area contributed by atoms with Gasteiger partial charge in [0.05, 0.1) is 12.0 Å². The average molecular weight is 435 g/mol. The molecule has 0 spiro atoms. The van der Waals surface area contributed by atoms with Crippen LogP contribution in [0.2, 0.25) is 5.02 Å². The van der Waals surface area contributed by atoms with E-state index in [1.54, 1.807) is 0 Å². The van der Waals surface area contributed by atoms with E-state index >= 15 is 0 Å². The van der Waals surface area contributed by atoms with Gasteiger partial charge in [-0.05, 0) is 23.8 Å². The summed E-state index contributed by atoms with van der Waals surface area (Å²) in [6, 6.07) is 4.68. The van der Waals surface area contributed by atoms with Crippen LogP contribution in [0.3, 0.4) is 0 Å². The lowest BCUT2D eigenvalue weighted by molar-refractivity contribution is -0.171. The van der Waals surface area contributed by atoms with Crippen LogP contribution in [0.15, 0.2) is 47.5 Å². The molecule has 2 heterocycles. The number of nitrogens with zero attached hydrogens (tertiary/aromatic N) is 4. The molecule has 2 aromatic heterocycles. The fourth-order valence-corrected chi connectivity index (χ4v) is 4.11. The number of hydrogen-bond acceptors (Lipinski definition) is 5. The Morgan fingerprint density at radius 3 is 2.43 bits per heavy atom. The van der Waals surface area contributed by atoms with E-state index in [9.17, 15) is 21.6 Å². The molecule has 7 nitrogen and oxygen atoms in total. The van der Waals surface area contributed by atoms with E-state index in [0.717, 1.165) is 31.3 Å². The third-order valence-electron chi connectivity index (χ3n) is 4.01. The first kappa shape index (κ1) is 20.4. The van der Waals surface area contributed by atoms with Gasteiger partial charge < -0.3 is 4.74 Å². The topological polar surface area (TPSA) is 76.8 Å². The molecule has 12 heteroatoms. The number of pyridine rings is 1. The third-order valence-corrected chi connectivity index (χ3v) is 6.08. The molecule has 3 aromatic rings. The monoisotopic (exact) mass is 434 g/mol. The molecular formula is C16H14ClF3N4O3S. The lowest BCUT2D eigenvalue weighted by Gasteiger charge is -2.29. The second kappa shape index (κ2) is 7.22. The summed E-state index contributed by atoms with van der Waals surface area (Å²) in [4.78, 5) is 3.58. The highest BCUT2D eigenvalue weighted by Gasteiger charge is 2.47. The minimum atomic E-state index is -4.85. The standard InChI is InChI=1S/C16H14ClF3N4O3S/c1-23(14(16(18,19)20)10-3-5-11(17)6-4-10)28(25,26)12-7-8-24-13(9-12)21-15(22-24)27-2/h3-9,14H,1-2H3/t14-/m1/s1. The van der Waals surface area contributed by atoms with Crippen molar-refractivity contribution in [3.8, 4) is 6.01 Å². The Bertz CT molecular complexity index is 1100. The number of benzene rings is 1. The van der Waals surface area contributed by atoms with Crippen LogP contribution < -0.4 is 4.74 Å². The number of rotatable bonds is 5. The van der Waals surface area contributed by atoms with Gasteiger partial charge in [-0.3, -0.25) is 0 Å². The number of methoxy groups -OCH3 is 1. The van der Waals surface area contributed by atoms with Crippen molar-refractivity contribution >= 4 is 27.3 Å². The van der Waals surface area contributed by atoms with Crippen molar-refractivity contribution < 1.29 is 26.3 Å². The summed E-state index contributed by atoms with van der Waals surface area (Å²) in [5, 5.41) is 4.15. The summed E-state index contributed by atoms with van der Waals surface area (Å²) < 4.78 is 73.3. The summed E-state index contributed by atoms with van der Waals surface area (Å²) in [5.41, 5.74) is -0.144. The van der Waals surface area contributed by atoms with E-state index in [1.165, 1.54) is 30.0 Å². The molecule has 28 heavy (non-hydrogen) atoms. The lowest BCUT2D eigenvalue weighted by atomic mass is 10.1. The first-order valence-corrected chi connectivity index (χ1v) is 9.56. The van der Waals surface area contributed by atoms with E-state index < -0.39 is 22.2 Å². The van der Waals surface area contributed by atoms with Crippen LogP contribution in [0.1, 0.15) is 11.6 Å². The van der Waals surface area contributed by atoms with Crippen molar-refractivity contribution in [2.45, 2.75) is 17.1 Å². The summed E-state index contributed by atoms with van der Waals surface area (Å²) >= 11 is 5.73. The molecule has 0 aliphatic heterocycles. The van der Waals surface area contributed by atoms with Crippen molar-refractivity contribution in [3.63, 3.8) is 0 Å². The van der Waals surface area contributed by atoms with Crippen LogP contribution in [-0.2, 0) is 10.0 Å². The molecule has 1 aromatic carbocycles. The van der Waals surface area contributed by atoms with Gasteiger partial charge in [0.15, 0.2) is 5.65 Å². The van der Waals surface area contributed by atoms with Gasteiger partial charge in [-0.15, -0.1) is 5.10 Å². The SMILES string of the molecule is COc1nc2cc(S(=O)(=O)N(C)[C@H](c3ccc(Cl)cc3)C(F)(F)F)ccn2n1. The zero-order valence-electron chi connectivity index (χ0n) is 14.6. The van der Waals surface area contributed by atoms with Crippen molar-refractivity contribution in [2.75, 3.05) is 14.2 Å². The first-order valence-electron chi connectivity index (χ1n) is 7.74. The van der Waals surface area contributed by atoms with Crippen molar-refractivity contribution in [3.05, 3.63) is 53.2 Å². The Kier molecular flexibility index (Phi) is 5.26. The second-order valence-corrected chi connectivity index (χ2v) is 8.21. The van der Waals surface area contributed by atoms with Crippen LogP contribution in [0, 0.1) is 0 Å². The second-order valence-electron chi connectivity index (χ2n) is 5.78. The molecule has 1 atom stereocenters. The minimum Gasteiger partial charge on any atom is -0.466 e. The molecule has 0 amide bonds. The molecule has 0 saturated heterocycles. The summed E-state index contributed by atoms with van der Waals surface area (Å²) in [6.07, 6.45) is -3.58. The maximum Gasteiger partial charge on any atom is 0.409 e. The molecule has 0 bridgehead atoms. The number of hydrogen-bond donors (Lipinski definition) is 0. The Morgan fingerprint density at radius 1 is 1.21 bits per heavy atom. The van der Waals surface area contributed by atoms with Crippen LogP contribution in [0.25, 0.3) is 5.65 Å². The fraction of sp³-hybridized carbons (Fsp3) is 0.250. The van der Waals surface area contributed by atoms with E-state index in [-0.39, 0.29) is 31.4 Å². The van der Waals surface area contributed by atoms with Crippen LogP contribution in [-0.4, -0.2) is 47.7 Å². The summed E-state index contributed by atoms with van der Waals surface area (Å²) in [6.45, 7) is 0. The normalized spacial score (nSPS) is 13.8. The molecule has 0 radical (unpaired) electrons. The highest BCUT2D eigenvalue weighted by Crippen LogP contribution is 2.40. The smallest absolute Gasteiger partial charge is 0.409 e. The Morgan fingerprint density at radius 2 is 1.86 bits per heavy atom. The summed E-state index contributed by atoms with van der Waals surface area (Å²) in [7, 11) is -2.30. The lowest BCUT2D eigenvalue weighted by Crippen LogP contribution is -2.39. The van der Waals surface area contributed by atoms with E-state index in [1.807, 2.05) is 0 Å². The van der Waals surface area contributed by atoms with Crippen molar-refractivity contribution in [1.82, 2.24) is 18.9 Å². The van der Waals surface area contributed by atoms with Gasteiger partial charge in [0.25, 0.3) is 0 Å². The molecule has 0 aliphatic rings. The quantitative estimate of drug-likeness (QED) is 0.615.